The first-order valence-corrected chi connectivity index (χ1v) is 14.0. The number of anilines is 1. The lowest BCUT2D eigenvalue weighted by Gasteiger charge is -2.31. The van der Waals surface area contributed by atoms with Gasteiger partial charge < -0.3 is 19.0 Å². The summed E-state index contributed by atoms with van der Waals surface area (Å²) in [5, 5.41) is 2.86. The first-order chi connectivity index (χ1) is 19.7. The molecule has 4 heterocycles. The van der Waals surface area contributed by atoms with Crippen LogP contribution in [-0.2, 0) is 17.8 Å². The average molecular weight is 538 g/mol. The van der Waals surface area contributed by atoms with E-state index in [4.69, 9.17) is 9.57 Å². The zero-order valence-electron chi connectivity index (χ0n) is 22.8. The number of nitrogens with one attached hydrogen (secondary N) is 1. The van der Waals surface area contributed by atoms with Crippen molar-refractivity contribution in [3.8, 4) is 5.75 Å². The Morgan fingerprint density at radius 2 is 1.82 bits per heavy atom. The molecule has 1 N–H and O–H groups in total. The zero-order valence-corrected chi connectivity index (χ0v) is 22.8. The van der Waals surface area contributed by atoms with Gasteiger partial charge in [0.25, 0.3) is 0 Å². The summed E-state index contributed by atoms with van der Waals surface area (Å²) in [6, 6.07) is 19.8. The fourth-order valence-corrected chi connectivity index (χ4v) is 5.77. The highest BCUT2D eigenvalue weighted by atomic mass is 16.7. The number of methoxy groups -OCH3 is 1. The SMILES string of the molecule is COc1cccc2c(C(=O)Cc3ccccc3)cn(CCCN3CCC(C4=CN(c5ccncc5)NO4)CC3)c12. The van der Waals surface area contributed by atoms with Gasteiger partial charge in [0, 0.05) is 48.4 Å². The van der Waals surface area contributed by atoms with Crippen LogP contribution in [0.4, 0.5) is 5.69 Å². The quantitative estimate of drug-likeness (QED) is 0.273. The van der Waals surface area contributed by atoms with Crippen LogP contribution in [0.2, 0.25) is 0 Å². The third kappa shape index (κ3) is 5.59. The maximum Gasteiger partial charge on any atom is 0.169 e. The van der Waals surface area contributed by atoms with Crippen molar-refractivity contribution in [3.05, 3.63) is 102 Å². The maximum atomic E-state index is 13.3. The van der Waals surface area contributed by atoms with Crippen LogP contribution in [0.3, 0.4) is 0 Å². The molecule has 6 rings (SSSR count). The minimum Gasteiger partial charge on any atom is -0.495 e. The number of carbonyl (C=O) groups is 1. The molecule has 0 atom stereocenters. The van der Waals surface area contributed by atoms with E-state index in [0.29, 0.717) is 12.3 Å². The highest BCUT2D eigenvalue weighted by Gasteiger charge is 2.28. The Balaban J connectivity index is 1.07. The molecular weight excluding hydrogens is 502 g/mol. The third-order valence-corrected chi connectivity index (χ3v) is 7.91. The second-order valence-electron chi connectivity index (χ2n) is 10.4. The Bertz CT molecular complexity index is 1480. The van der Waals surface area contributed by atoms with Gasteiger partial charge in [0.05, 0.1) is 24.5 Å². The van der Waals surface area contributed by atoms with Gasteiger partial charge in [-0.05, 0) is 62.7 Å². The lowest BCUT2D eigenvalue weighted by atomic mass is 9.95. The predicted octanol–water partition coefficient (Wildman–Crippen LogP) is 5.37. The molecule has 0 aliphatic carbocycles. The van der Waals surface area contributed by atoms with E-state index in [0.717, 1.165) is 84.7 Å². The number of fused-ring (bicyclic) bond motifs is 1. The van der Waals surface area contributed by atoms with Crippen molar-refractivity contribution >= 4 is 22.4 Å². The van der Waals surface area contributed by atoms with Crippen molar-refractivity contribution in [2.24, 2.45) is 5.92 Å². The first-order valence-electron chi connectivity index (χ1n) is 14.0. The normalized spacial score (nSPS) is 16.2. The number of para-hydroxylation sites is 1. The number of ether oxygens (including phenoxy) is 1. The number of likely N-dealkylation sites (tertiary alicyclic amines) is 1. The lowest BCUT2D eigenvalue weighted by molar-refractivity contribution is 0.0845. The number of Topliss-reactive ketones (excluding diaryl/α,β-unsaturated/α-hetero) is 1. The van der Waals surface area contributed by atoms with Gasteiger partial charge in [0.2, 0.25) is 0 Å². The van der Waals surface area contributed by atoms with Crippen molar-refractivity contribution in [2.45, 2.75) is 32.2 Å². The van der Waals surface area contributed by atoms with E-state index in [1.165, 1.54) is 0 Å². The number of aromatic nitrogens is 2. The molecule has 0 bridgehead atoms. The van der Waals surface area contributed by atoms with E-state index in [9.17, 15) is 4.79 Å². The minimum absolute atomic E-state index is 0.130. The summed E-state index contributed by atoms with van der Waals surface area (Å²) in [5.74, 6) is 2.34. The topological polar surface area (TPSA) is 71.9 Å². The van der Waals surface area contributed by atoms with E-state index in [-0.39, 0.29) is 5.78 Å². The van der Waals surface area contributed by atoms with Crippen LogP contribution in [0.1, 0.15) is 35.2 Å². The molecule has 2 aliphatic heterocycles. The molecule has 0 unspecified atom stereocenters. The van der Waals surface area contributed by atoms with Crippen molar-refractivity contribution in [1.82, 2.24) is 20.0 Å². The van der Waals surface area contributed by atoms with Gasteiger partial charge in [-0.25, -0.2) is 5.01 Å². The molecule has 2 aromatic heterocycles. The summed E-state index contributed by atoms with van der Waals surface area (Å²) in [4.78, 5) is 25.7. The van der Waals surface area contributed by atoms with E-state index < -0.39 is 0 Å². The van der Waals surface area contributed by atoms with Gasteiger partial charge in [0.1, 0.15) is 11.5 Å². The number of hydrogen-bond donors (Lipinski definition) is 1. The zero-order chi connectivity index (χ0) is 27.3. The van der Waals surface area contributed by atoms with Crippen LogP contribution in [0, 0.1) is 5.92 Å². The summed E-state index contributed by atoms with van der Waals surface area (Å²) in [6.07, 6.45) is 11.1. The molecule has 1 fully saturated rings. The molecule has 206 valence electrons. The van der Waals surface area contributed by atoms with E-state index >= 15 is 0 Å². The Morgan fingerprint density at radius 3 is 2.60 bits per heavy atom. The van der Waals surface area contributed by atoms with Crippen molar-refractivity contribution in [2.75, 3.05) is 31.8 Å². The number of piperidine rings is 1. The number of pyridine rings is 1. The fraction of sp³-hybridized carbons (Fsp3) is 0.312. The number of rotatable bonds is 10. The Kier molecular flexibility index (Phi) is 7.79. The molecular formula is C32H35N5O3. The summed E-state index contributed by atoms with van der Waals surface area (Å²) in [6.45, 7) is 3.92. The lowest BCUT2D eigenvalue weighted by Crippen LogP contribution is -2.35. The second-order valence-corrected chi connectivity index (χ2v) is 10.4. The van der Waals surface area contributed by atoms with Crippen molar-refractivity contribution < 1.29 is 14.4 Å². The van der Waals surface area contributed by atoms with Crippen LogP contribution in [0.15, 0.2) is 91.2 Å². The van der Waals surface area contributed by atoms with Crippen LogP contribution in [-0.4, -0.2) is 47.0 Å². The average Bonchev–Trinajstić information content (AvgIpc) is 3.65. The monoisotopic (exact) mass is 537 g/mol. The van der Waals surface area contributed by atoms with Crippen LogP contribution < -0.4 is 15.3 Å². The summed E-state index contributed by atoms with van der Waals surface area (Å²) >= 11 is 0. The highest BCUT2D eigenvalue weighted by Crippen LogP contribution is 2.32. The molecule has 2 aliphatic rings. The molecule has 40 heavy (non-hydrogen) atoms. The molecule has 0 amide bonds. The minimum atomic E-state index is 0.130. The standard InChI is InChI=1S/C32H35N5O3/c1-39-30-10-5-9-27-28(29(38)21-24-7-3-2-4-8-24)22-36(32(27)30)18-6-17-35-19-13-25(14-20-35)31-23-37(34-40-31)26-11-15-33-16-12-26/h2-5,7-12,15-16,22-23,25,34H,6,13-14,17-21H2,1H3. The number of carbonyl (C=O) groups excluding carboxylic acids is 1. The van der Waals surface area contributed by atoms with Crippen LogP contribution in [0.25, 0.3) is 10.9 Å². The molecule has 8 nitrogen and oxygen atoms in total. The van der Waals surface area contributed by atoms with Crippen LogP contribution in [0.5, 0.6) is 5.75 Å². The largest absolute Gasteiger partial charge is 0.495 e. The van der Waals surface area contributed by atoms with Gasteiger partial charge in [-0.15, -0.1) is 0 Å². The number of nitrogens with zero attached hydrogens (tertiary/aromatic N) is 4. The third-order valence-electron chi connectivity index (χ3n) is 7.91. The number of ketones is 1. The van der Waals surface area contributed by atoms with Crippen LogP contribution >= 0.6 is 0 Å². The maximum absolute atomic E-state index is 13.3. The smallest absolute Gasteiger partial charge is 0.169 e. The number of benzene rings is 2. The van der Waals surface area contributed by atoms with Crippen molar-refractivity contribution in [1.29, 1.82) is 0 Å². The highest BCUT2D eigenvalue weighted by molar-refractivity contribution is 6.10. The fourth-order valence-electron chi connectivity index (χ4n) is 5.77. The molecule has 2 aromatic carbocycles. The molecule has 8 heteroatoms. The molecule has 0 spiro atoms. The van der Waals surface area contributed by atoms with E-state index in [1.807, 2.05) is 71.9 Å². The summed E-state index contributed by atoms with van der Waals surface area (Å²) in [7, 11) is 1.69. The van der Waals surface area contributed by atoms with E-state index in [2.05, 4.69) is 26.2 Å². The molecule has 1 saturated heterocycles. The Morgan fingerprint density at radius 1 is 1.02 bits per heavy atom. The van der Waals surface area contributed by atoms with Gasteiger partial charge >= 0.3 is 0 Å². The van der Waals surface area contributed by atoms with E-state index in [1.54, 1.807) is 19.5 Å². The van der Waals surface area contributed by atoms with Crippen molar-refractivity contribution in [3.63, 3.8) is 0 Å². The number of hydrogen-bond acceptors (Lipinski definition) is 7. The predicted molar refractivity (Wildman–Crippen MR) is 156 cm³/mol. The second kappa shape index (κ2) is 11.9. The molecule has 0 radical (unpaired) electrons. The Hall–Kier alpha value is -4.14. The summed E-state index contributed by atoms with van der Waals surface area (Å²) in [5.41, 5.74) is 6.78. The van der Waals surface area contributed by atoms with Gasteiger partial charge in [0.15, 0.2) is 5.78 Å². The Labute approximate surface area is 234 Å². The van der Waals surface area contributed by atoms with Gasteiger partial charge in [-0.1, -0.05) is 48.1 Å². The van der Waals surface area contributed by atoms with Gasteiger partial charge in [-0.2, -0.15) is 0 Å². The number of hydrazine groups is 1. The van der Waals surface area contributed by atoms with Gasteiger partial charge in [-0.3, -0.25) is 9.78 Å². The molecule has 0 saturated carbocycles. The molecule has 4 aromatic rings. The summed E-state index contributed by atoms with van der Waals surface area (Å²) < 4.78 is 7.90. The number of aryl methyl sites for hydroxylation is 1. The first kappa shape index (κ1) is 26.1. The number of allylic oxidation sites excluding steroid dienone is 1.